The lowest BCUT2D eigenvalue weighted by Crippen LogP contribution is -2.29. The molecule has 3 heteroatoms. The van der Waals surface area contributed by atoms with E-state index in [4.69, 9.17) is 5.11 Å². The molecule has 1 rings (SSSR count). The Bertz CT molecular complexity index is 392. The van der Waals surface area contributed by atoms with Crippen molar-refractivity contribution in [2.45, 2.75) is 20.4 Å². The van der Waals surface area contributed by atoms with Crippen LogP contribution < -0.4 is 0 Å². The van der Waals surface area contributed by atoms with Crippen LogP contribution >= 0.6 is 0 Å². The summed E-state index contributed by atoms with van der Waals surface area (Å²) in [6.45, 7) is 9.01. The number of aliphatic carboxylic acids is 1. The lowest BCUT2D eigenvalue weighted by atomic mass is 10.1. The Morgan fingerprint density at radius 1 is 1.35 bits per heavy atom. The van der Waals surface area contributed by atoms with Crippen LogP contribution in [0.2, 0.25) is 0 Å². The van der Waals surface area contributed by atoms with Crippen molar-refractivity contribution in [3.63, 3.8) is 0 Å². The van der Waals surface area contributed by atoms with E-state index in [1.54, 1.807) is 6.08 Å². The van der Waals surface area contributed by atoms with Crippen molar-refractivity contribution in [1.82, 2.24) is 4.90 Å². The highest BCUT2D eigenvalue weighted by molar-refractivity contribution is 5.69. The highest BCUT2D eigenvalue weighted by Crippen LogP contribution is 2.11. The van der Waals surface area contributed by atoms with Crippen LogP contribution in [0.1, 0.15) is 16.7 Å². The highest BCUT2D eigenvalue weighted by Gasteiger charge is 2.09. The molecule has 0 unspecified atom stereocenters. The van der Waals surface area contributed by atoms with Gasteiger partial charge in [0.25, 0.3) is 0 Å². The molecule has 1 aromatic carbocycles. The van der Waals surface area contributed by atoms with Crippen LogP contribution in [0.5, 0.6) is 0 Å². The number of carbonyl (C=O) groups is 1. The van der Waals surface area contributed by atoms with Crippen LogP contribution in [-0.2, 0) is 11.3 Å². The summed E-state index contributed by atoms with van der Waals surface area (Å²) in [7, 11) is 0. The standard InChI is InChI=1S/C14H19NO2/c1-4-5-15(10-14(16)17)9-13-7-11(2)6-12(3)8-13/h4,6-8H,1,5,9-10H2,2-3H3,(H,16,17). The molecule has 0 fully saturated rings. The van der Waals surface area contributed by atoms with Crippen LogP contribution in [0.15, 0.2) is 30.9 Å². The molecule has 0 saturated carbocycles. The second-order valence-corrected chi connectivity index (χ2v) is 4.35. The first-order valence-electron chi connectivity index (χ1n) is 5.63. The Morgan fingerprint density at radius 2 is 1.94 bits per heavy atom. The van der Waals surface area contributed by atoms with Crippen molar-refractivity contribution in [1.29, 1.82) is 0 Å². The zero-order chi connectivity index (χ0) is 12.8. The van der Waals surface area contributed by atoms with E-state index in [2.05, 4.69) is 24.8 Å². The van der Waals surface area contributed by atoms with E-state index in [0.717, 1.165) is 5.56 Å². The monoisotopic (exact) mass is 233 g/mol. The van der Waals surface area contributed by atoms with Gasteiger partial charge in [-0.3, -0.25) is 9.69 Å². The van der Waals surface area contributed by atoms with Gasteiger partial charge < -0.3 is 5.11 Å². The van der Waals surface area contributed by atoms with Gasteiger partial charge in [-0.05, 0) is 19.4 Å². The summed E-state index contributed by atoms with van der Waals surface area (Å²) in [5.74, 6) is -0.809. The summed E-state index contributed by atoms with van der Waals surface area (Å²) < 4.78 is 0. The van der Waals surface area contributed by atoms with E-state index < -0.39 is 5.97 Å². The first kappa shape index (κ1) is 13.5. The Balaban J connectivity index is 2.77. The van der Waals surface area contributed by atoms with Gasteiger partial charge in [0, 0.05) is 13.1 Å². The molecular weight excluding hydrogens is 214 g/mol. The van der Waals surface area contributed by atoms with Gasteiger partial charge in [-0.15, -0.1) is 6.58 Å². The average molecular weight is 233 g/mol. The third kappa shape index (κ3) is 4.83. The zero-order valence-electron chi connectivity index (χ0n) is 10.4. The van der Waals surface area contributed by atoms with E-state index in [1.165, 1.54) is 11.1 Å². The van der Waals surface area contributed by atoms with E-state index in [0.29, 0.717) is 13.1 Å². The molecule has 0 aliphatic carbocycles. The zero-order valence-corrected chi connectivity index (χ0v) is 10.4. The van der Waals surface area contributed by atoms with Crippen molar-refractivity contribution in [3.05, 3.63) is 47.5 Å². The molecule has 0 radical (unpaired) electrons. The largest absolute Gasteiger partial charge is 0.480 e. The fraction of sp³-hybridized carbons (Fsp3) is 0.357. The molecule has 0 aliphatic rings. The fourth-order valence-corrected chi connectivity index (χ4v) is 1.98. The third-order valence-corrected chi connectivity index (χ3v) is 2.43. The van der Waals surface area contributed by atoms with Gasteiger partial charge in [0.05, 0.1) is 6.54 Å². The van der Waals surface area contributed by atoms with Crippen molar-refractivity contribution in [3.8, 4) is 0 Å². The number of aryl methyl sites for hydroxylation is 2. The van der Waals surface area contributed by atoms with E-state index in [1.807, 2.05) is 18.7 Å². The molecule has 1 aromatic rings. The molecule has 0 aliphatic heterocycles. The number of nitrogens with zero attached hydrogens (tertiary/aromatic N) is 1. The second-order valence-electron chi connectivity index (χ2n) is 4.35. The summed E-state index contributed by atoms with van der Waals surface area (Å²) >= 11 is 0. The fourth-order valence-electron chi connectivity index (χ4n) is 1.98. The molecule has 17 heavy (non-hydrogen) atoms. The minimum Gasteiger partial charge on any atom is -0.480 e. The first-order valence-corrected chi connectivity index (χ1v) is 5.63. The Kier molecular flexibility index (Phi) is 4.91. The van der Waals surface area contributed by atoms with Crippen LogP contribution in [-0.4, -0.2) is 29.1 Å². The van der Waals surface area contributed by atoms with Gasteiger partial charge in [0.1, 0.15) is 0 Å². The number of benzene rings is 1. The Hall–Kier alpha value is -1.61. The topological polar surface area (TPSA) is 40.5 Å². The Labute approximate surface area is 102 Å². The van der Waals surface area contributed by atoms with Crippen molar-refractivity contribution in [2.75, 3.05) is 13.1 Å². The van der Waals surface area contributed by atoms with Gasteiger partial charge in [-0.25, -0.2) is 0 Å². The predicted molar refractivity (Wildman–Crippen MR) is 69.0 cm³/mol. The van der Waals surface area contributed by atoms with Gasteiger partial charge in [-0.1, -0.05) is 35.4 Å². The van der Waals surface area contributed by atoms with Gasteiger partial charge >= 0.3 is 5.97 Å². The summed E-state index contributed by atoms with van der Waals surface area (Å²) in [5.41, 5.74) is 3.55. The molecule has 0 heterocycles. The summed E-state index contributed by atoms with van der Waals surface area (Å²) in [6, 6.07) is 6.29. The Morgan fingerprint density at radius 3 is 2.41 bits per heavy atom. The molecule has 1 N–H and O–H groups in total. The minimum atomic E-state index is -0.809. The third-order valence-electron chi connectivity index (χ3n) is 2.43. The molecule has 92 valence electrons. The molecule has 0 spiro atoms. The second kappa shape index (κ2) is 6.21. The van der Waals surface area contributed by atoms with Crippen molar-refractivity contribution >= 4 is 5.97 Å². The lowest BCUT2D eigenvalue weighted by Gasteiger charge is -2.18. The maximum atomic E-state index is 10.7. The SMILES string of the molecule is C=CCN(CC(=O)O)Cc1cc(C)cc(C)c1. The lowest BCUT2D eigenvalue weighted by molar-refractivity contribution is -0.138. The molecule has 0 saturated heterocycles. The molecular formula is C14H19NO2. The summed E-state index contributed by atoms with van der Waals surface area (Å²) in [5, 5.41) is 8.82. The minimum absolute atomic E-state index is 0.0407. The highest BCUT2D eigenvalue weighted by atomic mass is 16.4. The van der Waals surface area contributed by atoms with Crippen LogP contribution in [0.4, 0.5) is 0 Å². The van der Waals surface area contributed by atoms with Gasteiger partial charge in [-0.2, -0.15) is 0 Å². The van der Waals surface area contributed by atoms with E-state index in [-0.39, 0.29) is 6.54 Å². The molecule has 3 nitrogen and oxygen atoms in total. The van der Waals surface area contributed by atoms with E-state index in [9.17, 15) is 4.79 Å². The predicted octanol–water partition coefficient (Wildman–Crippen LogP) is 2.38. The number of rotatable bonds is 6. The quantitative estimate of drug-likeness (QED) is 0.767. The number of carboxylic acids is 1. The normalized spacial score (nSPS) is 10.5. The smallest absolute Gasteiger partial charge is 0.317 e. The molecule has 0 aromatic heterocycles. The summed E-state index contributed by atoms with van der Waals surface area (Å²) in [6.07, 6.45) is 1.73. The van der Waals surface area contributed by atoms with Crippen LogP contribution in [0.25, 0.3) is 0 Å². The number of hydrogen-bond donors (Lipinski definition) is 1. The van der Waals surface area contributed by atoms with Gasteiger partial charge in [0.2, 0.25) is 0 Å². The maximum absolute atomic E-state index is 10.7. The number of carboxylic acid groups (broad SMARTS) is 1. The van der Waals surface area contributed by atoms with Crippen LogP contribution in [0.3, 0.4) is 0 Å². The molecule has 0 bridgehead atoms. The van der Waals surface area contributed by atoms with Crippen LogP contribution in [0, 0.1) is 13.8 Å². The van der Waals surface area contributed by atoms with Crippen molar-refractivity contribution in [2.24, 2.45) is 0 Å². The first-order chi connectivity index (χ1) is 8.01. The molecule has 0 atom stereocenters. The van der Waals surface area contributed by atoms with Crippen molar-refractivity contribution < 1.29 is 9.90 Å². The number of hydrogen-bond acceptors (Lipinski definition) is 2. The average Bonchev–Trinajstić information content (AvgIpc) is 2.14. The molecule has 0 amide bonds. The van der Waals surface area contributed by atoms with Gasteiger partial charge in [0.15, 0.2) is 0 Å². The van der Waals surface area contributed by atoms with E-state index >= 15 is 0 Å². The maximum Gasteiger partial charge on any atom is 0.317 e. The summed E-state index contributed by atoms with van der Waals surface area (Å²) in [4.78, 5) is 12.6.